The van der Waals surface area contributed by atoms with Gasteiger partial charge in [0.1, 0.15) is 74.4 Å². The summed E-state index contributed by atoms with van der Waals surface area (Å²) in [4.78, 5) is 87.1. The number of nitriles is 3. The molecule has 2 aliphatic heterocycles. The Balaban J connectivity index is 0.000000200. The number of rotatable bonds is 20. The number of hydrogen-bond acceptors (Lipinski definition) is 24. The molecule has 0 atom stereocenters. The molecular formula is C74H70N20O7S3. The van der Waals surface area contributed by atoms with Gasteiger partial charge in [-0.15, -0.1) is 40.2 Å². The lowest BCUT2D eigenvalue weighted by molar-refractivity contribution is 0.0950. The highest BCUT2D eigenvalue weighted by Gasteiger charge is 2.32. The maximum absolute atomic E-state index is 11.9. The first-order valence-corrected chi connectivity index (χ1v) is 34.7. The molecule has 10 N–H and O–H groups in total. The molecule has 11 rings (SSSR count). The van der Waals surface area contributed by atoms with Crippen LogP contribution in [-0.4, -0.2) is 124 Å². The fourth-order valence-electron chi connectivity index (χ4n) is 9.65. The molecule has 0 spiro atoms. The molecule has 30 heteroatoms. The van der Waals surface area contributed by atoms with E-state index in [1.54, 1.807) is 70.1 Å². The van der Waals surface area contributed by atoms with Crippen molar-refractivity contribution in [2.45, 2.75) is 64.8 Å². The SMILES string of the molecule is CC(C)CCON=O.OC1CNC1.[C-]#[N+]c1c(N)nc(SCc2ccnc(C(=O)NC)c2)c(C#N)c1-c1ccccc1.[C-]#[N+]c1c(N)nc(SCc2ccnc(C(=O)NC)c2)c(C#N)c1-c1ccccc1.[C-]#[N+]c1c(N2CC(O)C2)nc(SCc2ccnc(C(=O)NC)c2)c(C#N)c1-c1ccccc1. The molecule has 2 saturated heterocycles. The number of anilines is 3. The van der Waals surface area contributed by atoms with Crippen molar-refractivity contribution in [1.82, 2.24) is 51.2 Å². The minimum atomic E-state index is -0.461. The number of carbonyl (C=O) groups excluding carboxylic acids is 3. The first-order valence-electron chi connectivity index (χ1n) is 31.8. The van der Waals surface area contributed by atoms with Gasteiger partial charge in [-0.05, 0) is 82.1 Å². The van der Waals surface area contributed by atoms with Crippen molar-refractivity contribution in [3.8, 4) is 51.6 Å². The first-order chi connectivity index (χ1) is 50.4. The van der Waals surface area contributed by atoms with Crippen LogP contribution in [0.1, 0.15) is 85.1 Å². The Morgan fingerprint density at radius 1 is 0.587 bits per heavy atom. The minimum absolute atomic E-state index is 0.0463. The smallest absolute Gasteiger partial charge is 0.269 e. The number of benzene rings is 3. The number of nitrogens with two attached hydrogens (primary N) is 2. The molecule has 0 radical (unpaired) electrons. The molecule has 27 nitrogen and oxygen atoms in total. The van der Waals surface area contributed by atoms with E-state index in [4.69, 9.17) is 41.3 Å². The van der Waals surface area contributed by atoms with Crippen molar-refractivity contribution >= 4 is 87.5 Å². The second-order valence-corrected chi connectivity index (χ2v) is 25.5. The lowest BCUT2D eigenvalue weighted by Gasteiger charge is -2.38. The van der Waals surface area contributed by atoms with E-state index >= 15 is 0 Å². The van der Waals surface area contributed by atoms with Crippen LogP contribution in [0, 0.1) is 64.5 Å². The number of nitrogens with one attached hydrogen (secondary N) is 4. The molecule has 0 unspecified atom stereocenters. The average Bonchev–Trinajstić information content (AvgIpc) is 0.765. The van der Waals surface area contributed by atoms with Crippen LogP contribution in [0.25, 0.3) is 47.9 Å². The highest BCUT2D eigenvalue weighted by Crippen LogP contribution is 2.46. The summed E-state index contributed by atoms with van der Waals surface area (Å²) in [5.41, 5.74) is 20.9. The van der Waals surface area contributed by atoms with E-state index in [0.717, 1.165) is 52.9 Å². The van der Waals surface area contributed by atoms with Crippen LogP contribution < -0.4 is 37.6 Å². The zero-order valence-corrected chi connectivity index (χ0v) is 59.5. The van der Waals surface area contributed by atoms with Crippen LogP contribution in [-0.2, 0) is 22.1 Å². The molecule has 0 saturated carbocycles. The van der Waals surface area contributed by atoms with Crippen LogP contribution in [0.5, 0.6) is 0 Å². The maximum Gasteiger partial charge on any atom is 0.269 e. The lowest BCUT2D eigenvalue weighted by Crippen LogP contribution is -2.51. The predicted molar refractivity (Wildman–Crippen MR) is 401 cm³/mol. The van der Waals surface area contributed by atoms with E-state index in [1.807, 2.05) is 102 Å². The summed E-state index contributed by atoms with van der Waals surface area (Å²) >= 11 is 4.00. The van der Waals surface area contributed by atoms with Crippen molar-refractivity contribution in [3.05, 3.63) is 236 Å². The second kappa shape index (κ2) is 40.2. The first kappa shape index (κ1) is 79.0. The number of aromatic nitrogens is 6. The number of aliphatic hydroxyl groups is 2. The summed E-state index contributed by atoms with van der Waals surface area (Å²) in [6, 6.07) is 44.8. The molecule has 3 aromatic carbocycles. The van der Waals surface area contributed by atoms with Crippen LogP contribution in [0.4, 0.5) is 34.5 Å². The van der Waals surface area contributed by atoms with Crippen molar-refractivity contribution in [2.24, 2.45) is 11.3 Å². The molecule has 2 fully saturated rings. The predicted octanol–water partition coefficient (Wildman–Crippen LogP) is 11.7. The quantitative estimate of drug-likeness (QED) is 0.0115. The van der Waals surface area contributed by atoms with Gasteiger partial charge in [-0.2, -0.15) is 15.8 Å². The Morgan fingerprint density at radius 2 is 0.923 bits per heavy atom. The highest BCUT2D eigenvalue weighted by molar-refractivity contribution is 7.99. The lowest BCUT2D eigenvalue weighted by atomic mass is 9.99. The van der Waals surface area contributed by atoms with Crippen LogP contribution in [0.2, 0.25) is 0 Å². The number of thioether (sulfide) groups is 3. The van der Waals surface area contributed by atoms with Crippen LogP contribution >= 0.6 is 35.3 Å². The van der Waals surface area contributed by atoms with E-state index in [2.05, 4.69) is 103 Å². The van der Waals surface area contributed by atoms with E-state index in [-0.39, 0.29) is 46.8 Å². The number of pyridine rings is 6. The summed E-state index contributed by atoms with van der Waals surface area (Å²) in [7, 11) is 4.63. The zero-order chi connectivity index (χ0) is 75.1. The van der Waals surface area contributed by atoms with Gasteiger partial charge in [0.05, 0.1) is 48.6 Å². The fraction of sp³-hybridized carbons (Fsp3) is 0.230. The third-order valence-electron chi connectivity index (χ3n) is 15.0. The average molecular weight is 1450 g/mol. The van der Waals surface area contributed by atoms with Gasteiger partial charge in [-0.25, -0.2) is 29.5 Å². The molecule has 104 heavy (non-hydrogen) atoms. The number of hydrogen-bond donors (Lipinski definition) is 8. The Morgan fingerprint density at radius 3 is 1.20 bits per heavy atom. The van der Waals surface area contributed by atoms with E-state index < -0.39 is 6.10 Å². The van der Waals surface area contributed by atoms with E-state index in [9.17, 15) is 40.2 Å². The van der Waals surface area contributed by atoms with Gasteiger partial charge in [-0.3, -0.25) is 29.3 Å². The minimum Gasteiger partial charge on any atom is -0.392 e. The third-order valence-corrected chi connectivity index (χ3v) is 18.2. The molecule has 9 aromatic rings. The summed E-state index contributed by atoms with van der Waals surface area (Å²) < 4.78 is 0. The third kappa shape index (κ3) is 21.3. The number of aliphatic hydroxyl groups excluding tert-OH is 2. The van der Waals surface area contributed by atoms with Gasteiger partial charge in [0, 0.05) is 99.9 Å². The second-order valence-electron chi connectivity index (χ2n) is 22.6. The maximum atomic E-state index is 11.9. The van der Waals surface area contributed by atoms with Gasteiger partial charge in [0.15, 0.2) is 5.34 Å². The van der Waals surface area contributed by atoms with E-state index in [1.165, 1.54) is 35.3 Å². The monoisotopic (exact) mass is 1450 g/mol. The van der Waals surface area contributed by atoms with Gasteiger partial charge in [-0.1, -0.05) is 105 Å². The van der Waals surface area contributed by atoms with Crippen molar-refractivity contribution < 1.29 is 29.4 Å². The topological polar surface area (TPSA) is 396 Å². The standard InChI is InChI=1S/C24H20N6O2S.2C21H16N6OS.C5H11NO2.C3H7NO/c1-26-21-20(16-6-4-3-5-7-16)18(11-25)24(29-22(21)30-12-17(31)13-30)33-14-15-8-9-28-19(10-15)23(32)27-2;2*1-24-18-17(14-6-4-3-5-7-14)15(11-22)21(27-19(18)23)29-12-13-8-9-26-16(10-13)20(28)25-2;1-5(2)3-4-8-6-7;5-3-1-4-2-3/h3-10,17,31H,12-14H2,2H3,(H,27,32);2*3-10H,12H2,2H3,(H2,23,27)(H,25,28);5H,3-4H2,1-2H3;3-5H,1-2H2. The van der Waals surface area contributed by atoms with E-state index in [0.29, 0.717) is 120 Å². The zero-order valence-electron chi connectivity index (χ0n) is 57.0. The van der Waals surface area contributed by atoms with Gasteiger partial charge < -0.3 is 52.7 Å². The van der Waals surface area contributed by atoms with Crippen molar-refractivity contribution in [3.63, 3.8) is 0 Å². The van der Waals surface area contributed by atoms with Gasteiger partial charge in [0.25, 0.3) is 17.7 Å². The van der Waals surface area contributed by atoms with Crippen LogP contribution in [0.3, 0.4) is 0 Å². The van der Waals surface area contributed by atoms with Crippen molar-refractivity contribution in [1.29, 1.82) is 15.8 Å². The number of amides is 3. The summed E-state index contributed by atoms with van der Waals surface area (Å²) in [5.74, 6) is 1.77. The fourth-order valence-corrected chi connectivity index (χ4v) is 12.5. The Bertz CT molecular complexity index is 4590. The summed E-state index contributed by atoms with van der Waals surface area (Å²) in [6.45, 7) is 29.7. The van der Waals surface area contributed by atoms with Crippen molar-refractivity contribution in [2.75, 3.05) is 70.3 Å². The number of carbonyl (C=O) groups is 3. The molecule has 526 valence electrons. The summed E-state index contributed by atoms with van der Waals surface area (Å²) in [5, 5.41) is 62.0. The van der Waals surface area contributed by atoms with Crippen LogP contribution in [0.15, 0.2) is 166 Å². The van der Waals surface area contributed by atoms with Gasteiger partial charge >= 0.3 is 0 Å². The molecule has 3 amide bonds. The molecule has 2 aliphatic rings. The number of nitrogen functional groups attached to an aromatic ring is 2. The molecule has 0 bridgehead atoms. The highest BCUT2D eigenvalue weighted by atomic mass is 32.2. The number of β-amino-alcohol motifs (C(OH)–C–C–N with tert-alkyl or cyclic N) is 2. The Kier molecular flexibility index (Phi) is 30.5. The molecule has 6 aromatic heterocycles. The van der Waals surface area contributed by atoms with Gasteiger partial charge in [0.2, 0.25) is 17.1 Å². The molecular weight excluding hydrogens is 1380 g/mol. The Hall–Kier alpha value is -12.4. The largest absolute Gasteiger partial charge is 0.392 e. The Labute approximate surface area is 614 Å². The normalized spacial score (nSPS) is 11.7. The molecule has 0 aliphatic carbocycles. The summed E-state index contributed by atoms with van der Waals surface area (Å²) in [6.07, 6.45) is 5.08. The molecule has 8 heterocycles. The number of nitrogens with zero attached hydrogens (tertiary/aromatic N) is 14.